The van der Waals surface area contributed by atoms with Crippen LogP contribution < -0.4 is 5.32 Å². The smallest absolute Gasteiger partial charge is 0.407 e. The number of nitrogens with one attached hydrogen (secondary N) is 1. The van der Waals surface area contributed by atoms with Crippen LogP contribution in [0.25, 0.3) is 0 Å². The number of aromatic nitrogens is 1. The third kappa shape index (κ3) is 6.03. The second kappa shape index (κ2) is 9.99. The summed E-state index contributed by atoms with van der Waals surface area (Å²) in [4.78, 5) is 30.1. The first-order valence-electron chi connectivity index (χ1n) is 12.2. The molecule has 0 aliphatic heterocycles. The zero-order valence-corrected chi connectivity index (χ0v) is 20.3. The highest BCUT2D eigenvalue weighted by molar-refractivity contribution is 5.97. The minimum absolute atomic E-state index is 0.0461. The zero-order chi connectivity index (χ0) is 25.3. The van der Waals surface area contributed by atoms with Crippen LogP contribution in [-0.2, 0) is 11.3 Å². The number of hydrogen-bond donors (Lipinski definition) is 1. The van der Waals surface area contributed by atoms with Crippen LogP contribution in [-0.4, -0.2) is 22.5 Å². The van der Waals surface area contributed by atoms with E-state index in [9.17, 15) is 22.8 Å². The Bertz CT molecular complexity index is 1120. The Hall–Kier alpha value is -2.90. The monoisotopic (exact) mass is 488 g/mol. The van der Waals surface area contributed by atoms with Crippen molar-refractivity contribution in [3.05, 3.63) is 64.2 Å². The fraction of sp³-hybridized carbons (Fsp3) is 0.519. The van der Waals surface area contributed by atoms with Crippen LogP contribution in [0.2, 0.25) is 0 Å². The number of halogens is 3. The SMILES string of the molecule is CC(C)(C)OC(=O)NCc1ccc(C2CC2)c(C(=O)C2CCC(c3ccc(F)c(F)c3F)CC2)n1. The molecular formula is C27H31F3N2O3. The Balaban J connectivity index is 1.44. The van der Waals surface area contributed by atoms with E-state index in [2.05, 4.69) is 10.3 Å². The maximum absolute atomic E-state index is 14.3. The van der Waals surface area contributed by atoms with Gasteiger partial charge in [0.1, 0.15) is 11.3 Å². The Morgan fingerprint density at radius 2 is 1.51 bits per heavy atom. The molecule has 0 radical (unpaired) electrons. The molecule has 0 spiro atoms. The second-order valence-electron chi connectivity index (χ2n) is 10.5. The van der Waals surface area contributed by atoms with Gasteiger partial charge in [-0.25, -0.2) is 22.9 Å². The molecule has 0 bridgehead atoms. The molecule has 5 nitrogen and oxygen atoms in total. The van der Waals surface area contributed by atoms with E-state index in [1.807, 2.05) is 12.1 Å². The number of benzene rings is 1. The van der Waals surface area contributed by atoms with Gasteiger partial charge in [0.05, 0.1) is 12.2 Å². The number of ketones is 1. The summed E-state index contributed by atoms with van der Waals surface area (Å²) in [6.07, 6.45) is 3.54. The molecule has 2 aliphatic carbocycles. The predicted octanol–water partition coefficient (Wildman–Crippen LogP) is 6.56. The van der Waals surface area contributed by atoms with Crippen LogP contribution in [0.3, 0.4) is 0 Å². The molecule has 1 heterocycles. The number of ether oxygens (including phenoxy) is 1. The van der Waals surface area contributed by atoms with Gasteiger partial charge in [-0.1, -0.05) is 12.1 Å². The summed E-state index contributed by atoms with van der Waals surface area (Å²) in [5.41, 5.74) is 1.50. The molecule has 0 saturated heterocycles. The van der Waals surface area contributed by atoms with Crippen LogP contribution in [0, 0.1) is 23.4 Å². The molecule has 188 valence electrons. The number of carbonyl (C=O) groups excluding carboxylic acids is 2. The molecule has 35 heavy (non-hydrogen) atoms. The van der Waals surface area contributed by atoms with Gasteiger partial charge in [-0.15, -0.1) is 0 Å². The van der Waals surface area contributed by atoms with Crippen LogP contribution in [0.15, 0.2) is 24.3 Å². The molecule has 2 aromatic rings. The van der Waals surface area contributed by atoms with E-state index in [-0.39, 0.29) is 29.7 Å². The van der Waals surface area contributed by atoms with E-state index < -0.39 is 29.1 Å². The Kier molecular flexibility index (Phi) is 7.20. The lowest BCUT2D eigenvalue weighted by atomic mass is 9.76. The van der Waals surface area contributed by atoms with Gasteiger partial charge in [-0.05, 0) is 94.4 Å². The first-order valence-corrected chi connectivity index (χ1v) is 12.2. The maximum Gasteiger partial charge on any atom is 0.407 e. The van der Waals surface area contributed by atoms with E-state index in [1.165, 1.54) is 6.07 Å². The van der Waals surface area contributed by atoms with Gasteiger partial charge >= 0.3 is 6.09 Å². The maximum atomic E-state index is 14.3. The lowest BCUT2D eigenvalue weighted by molar-refractivity contribution is 0.0523. The van der Waals surface area contributed by atoms with E-state index in [0.29, 0.717) is 43.0 Å². The molecule has 0 unspecified atom stereocenters. The van der Waals surface area contributed by atoms with Crippen molar-refractivity contribution in [2.24, 2.45) is 5.92 Å². The number of Topliss-reactive ketones (excluding diaryl/α,β-unsaturated/α-hetero) is 1. The Morgan fingerprint density at radius 1 is 0.914 bits per heavy atom. The van der Waals surface area contributed by atoms with Crippen LogP contribution in [0.4, 0.5) is 18.0 Å². The third-order valence-corrected chi connectivity index (χ3v) is 6.65. The standard InChI is InChI=1S/C27H31F3N2O3/c1-27(2,3)35-26(34)31-14-18-10-11-20(16-4-5-16)24(32-18)25(33)17-8-6-15(7-9-17)19-12-13-21(28)23(30)22(19)29/h10-13,15-17H,4-9,14H2,1-3H3,(H,31,34). The number of alkyl carbamates (subject to hydrolysis) is 1. The largest absolute Gasteiger partial charge is 0.444 e. The van der Waals surface area contributed by atoms with Crippen LogP contribution in [0.5, 0.6) is 0 Å². The summed E-state index contributed by atoms with van der Waals surface area (Å²) in [5.74, 6) is -4.03. The molecule has 8 heteroatoms. The average molecular weight is 489 g/mol. The fourth-order valence-electron chi connectivity index (χ4n) is 4.72. The van der Waals surface area contributed by atoms with E-state index in [1.54, 1.807) is 20.8 Å². The molecule has 1 N–H and O–H groups in total. The van der Waals surface area contributed by atoms with Crippen LogP contribution >= 0.6 is 0 Å². The summed E-state index contributed by atoms with van der Waals surface area (Å²) >= 11 is 0. The first-order chi connectivity index (χ1) is 16.5. The molecule has 1 amide bonds. The fourth-order valence-corrected chi connectivity index (χ4v) is 4.72. The van der Waals surface area contributed by atoms with E-state index in [4.69, 9.17) is 4.74 Å². The quantitative estimate of drug-likeness (QED) is 0.369. The molecule has 2 fully saturated rings. The van der Waals surface area contributed by atoms with Crippen molar-refractivity contribution >= 4 is 11.9 Å². The average Bonchev–Trinajstić information content (AvgIpc) is 3.65. The second-order valence-corrected chi connectivity index (χ2v) is 10.5. The number of hydrogen-bond acceptors (Lipinski definition) is 4. The summed E-state index contributed by atoms with van der Waals surface area (Å²) in [6, 6.07) is 6.00. The molecule has 4 rings (SSSR count). The summed E-state index contributed by atoms with van der Waals surface area (Å²) in [7, 11) is 0. The number of nitrogens with zero attached hydrogens (tertiary/aromatic N) is 1. The van der Waals surface area contributed by atoms with E-state index in [0.717, 1.165) is 24.5 Å². The summed E-state index contributed by atoms with van der Waals surface area (Å²) < 4.78 is 46.5. The Labute approximate surface area is 203 Å². The van der Waals surface area contributed by atoms with Gasteiger partial charge in [0, 0.05) is 5.92 Å². The first kappa shape index (κ1) is 25.2. The zero-order valence-electron chi connectivity index (χ0n) is 20.3. The highest BCUT2D eigenvalue weighted by Crippen LogP contribution is 2.43. The normalized spacial score (nSPS) is 20.4. The van der Waals surface area contributed by atoms with Gasteiger partial charge in [0.15, 0.2) is 23.2 Å². The number of rotatable bonds is 6. The molecular weight excluding hydrogens is 457 g/mol. The molecule has 2 aliphatic rings. The lowest BCUT2D eigenvalue weighted by Gasteiger charge is -2.28. The highest BCUT2D eigenvalue weighted by Gasteiger charge is 2.34. The molecule has 2 saturated carbocycles. The van der Waals surface area contributed by atoms with Gasteiger partial charge in [-0.3, -0.25) is 4.79 Å². The molecule has 0 atom stereocenters. The minimum Gasteiger partial charge on any atom is -0.444 e. The van der Waals surface area contributed by atoms with Crippen molar-refractivity contribution in [3.63, 3.8) is 0 Å². The van der Waals surface area contributed by atoms with Crippen molar-refractivity contribution in [2.45, 2.75) is 83.3 Å². The summed E-state index contributed by atoms with van der Waals surface area (Å²) in [6.45, 7) is 5.48. The van der Waals surface area contributed by atoms with Crippen LogP contribution in [0.1, 0.15) is 98.4 Å². The molecule has 1 aromatic carbocycles. The van der Waals surface area contributed by atoms with Crippen molar-refractivity contribution in [1.82, 2.24) is 10.3 Å². The third-order valence-electron chi connectivity index (χ3n) is 6.65. The highest BCUT2D eigenvalue weighted by atomic mass is 19.2. The minimum atomic E-state index is -1.45. The van der Waals surface area contributed by atoms with E-state index >= 15 is 0 Å². The van der Waals surface area contributed by atoms with Crippen molar-refractivity contribution < 1.29 is 27.5 Å². The summed E-state index contributed by atoms with van der Waals surface area (Å²) in [5, 5.41) is 2.68. The van der Waals surface area contributed by atoms with Gasteiger partial charge in [0.25, 0.3) is 0 Å². The number of carbonyl (C=O) groups is 2. The van der Waals surface area contributed by atoms with Gasteiger partial charge in [0.2, 0.25) is 0 Å². The number of amides is 1. The van der Waals surface area contributed by atoms with Crippen molar-refractivity contribution in [1.29, 1.82) is 0 Å². The topological polar surface area (TPSA) is 68.3 Å². The lowest BCUT2D eigenvalue weighted by Crippen LogP contribution is -2.32. The molecule has 1 aromatic heterocycles. The van der Waals surface area contributed by atoms with Crippen molar-refractivity contribution in [3.8, 4) is 0 Å². The number of pyridine rings is 1. The predicted molar refractivity (Wildman–Crippen MR) is 125 cm³/mol. The van der Waals surface area contributed by atoms with Gasteiger partial charge in [-0.2, -0.15) is 0 Å². The Morgan fingerprint density at radius 3 is 2.14 bits per heavy atom. The van der Waals surface area contributed by atoms with Crippen molar-refractivity contribution in [2.75, 3.05) is 0 Å². The van der Waals surface area contributed by atoms with Gasteiger partial charge < -0.3 is 10.1 Å².